The summed E-state index contributed by atoms with van der Waals surface area (Å²) in [6.07, 6.45) is -5.82. The zero-order valence-electron chi connectivity index (χ0n) is 11.5. The lowest BCUT2D eigenvalue weighted by Crippen LogP contribution is -2.33. The molecule has 0 unspecified atom stereocenters. The highest BCUT2D eigenvalue weighted by atomic mass is 19.4. The van der Waals surface area contributed by atoms with Gasteiger partial charge >= 0.3 is 6.18 Å². The van der Waals surface area contributed by atoms with Crippen LogP contribution < -0.4 is 0 Å². The quantitative estimate of drug-likeness (QED) is 0.920. The van der Waals surface area contributed by atoms with Gasteiger partial charge in [-0.25, -0.2) is 0 Å². The van der Waals surface area contributed by atoms with Crippen LogP contribution in [0.3, 0.4) is 0 Å². The van der Waals surface area contributed by atoms with Crippen molar-refractivity contribution in [1.29, 1.82) is 0 Å². The molecule has 1 fully saturated rings. The van der Waals surface area contributed by atoms with Gasteiger partial charge in [0.05, 0.1) is 12.5 Å². The molecule has 2 nitrogen and oxygen atoms in total. The molecule has 1 saturated heterocycles. The monoisotopic (exact) mass is 287 g/mol. The molecule has 1 aliphatic rings. The molecule has 2 rings (SSSR count). The van der Waals surface area contributed by atoms with Crippen molar-refractivity contribution < 1.29 is 18.3 Å². The first-order valence-electron chi connectivity index (χ1n) is 6.87. The van der Waals surface area contributed by atoms with E-state index >= 15 is 0 Å². The Hall–Kier alpha value is -1.07. The molecular weight excluding hydrogens is 267 g/mol. The lowest BCUT2D eigenvalue weighted by atomic mass is 9.97. The van der Waals surface area contributed by atoms with E-state index in [-0.39, 0.29) is 6.54 Å². The van der Waals surface area contributed by atoms with Crippen LogP contribution in [0.4, 0.5) is 13.2 Å². The first-order chi connectivity index (χ1) is 9.33. The number of aliphatic hydroxyl groups excluding tert-OH is 1. The summed E-state index contributed by atoms with van der Waals surface area (Å²) in [6, 6.07) is 8.22. The molecule has 0 bridgehead atoms. The summed E-state index contributed by atoms with van der Waals surface area (Å²) in [5.41, 5.74) is 2.43. The number of aliphatic hydroxyl groups is 1. The third-order valence-corrected chi connectivity index (χ3v) is 3.72. The van der Waals surface area contributed by atoms with Crippen molar-refractivity contribution in [2.45, 2.75) is 38.0 Å². The van der Waals surface area contributed by atoms with Crippen LogP contribution in [0.2, 0.25) is 0 Å². The normalized spacial score (nSPS) is 22.1. The molecule has 0 spiro atoms. The molecule has 2 atom stereocenters. The number of alkyl halides is 3. The number of β-amino-alcohol motifs (C(OH)–C–C–N with tert-alkyl or cyclic N) is 1. The number of aryl methyl sites for hydroxylation is 1. The van der Waals surface area contributed by atoms with Crippen LogP contribution >= 0.6 is 0 Å². The van der Waals surface area contributed by atoms with E-state index < -0.39 is 18.7 Å². The number of halogens is 3. The van der Waals surface area contributed by atoms with Gasteiger partial charge in [-0.05, 0) is 31.4 Å². The van der Waals surface area contributed by atoms with Gasteiger partial charge in [-0.3, -0.25) is 0 Å². The van der Waals surface area contributed by atoms with E-state index in [1.54, 1.807) is 0 Å². The van der Waals surface area contributed by atoms with E-state index in [4.69, 9.17) is 0 Å². The van der Waals surface area contributed by atoms with Crippen LogP contribution in [0, 0.1) is 6.92 Å². The number of hydrogen-bond donors (Lipinski definition) is 1. The molecule has 0 aromatic heterocycles. The van der Waals surface area contributed by atoms with Crippen LogP contribution in [0.25, 0.3) is 0 Å². The molecular formula is C15H20F3NO. The number of likely N-dealkylation sites (tertiary alicyclic amines) is 1. The molecule has 20 heavy (non-hydrogen) atoms. The zero-order valence-corrected chi connectivity index (χ0v) is 11.5. The van der Waals surface area contributed by atoms with Gasteiger partial charge in [0.1, 0.15) is 0 Å². The highest BCUT2D eigenvalue weighted by Crippen LogP contribution is 2.29. The van der Waals surface area contributed by atoms with Gasteiger partial charge in [-0.1, -0.05) is 29.8 Å². The molecule has 0 radical (unpaired) electrons. The van der Waals surface area contributed by atoms with E-state index in [2.05, 4.69) is 12.1 Å². The molecule has 1 aromatic rings. The van der Waals surface area contributed by atoms with Gasteiger partial charge in [-0.2, -0.15) is 13.2 Å². The van der Waals surface area contributed by atoms with Crippen molar-refractivity contribution in [3.63, 3.8) is 0 Å². The van der Waals surface area contributed by atoms with Crippen molar-refractivity contribution in [3.8, 4) is 0 Å². The maximum Gasteiger partial charge on any atom is 0.391 e. The van der Waals surface area contributed by atoms with E-state index in [0.717, 1.165) is 19.5 Å². The molecule has 5 heteroatoms. The van der Waals surface area contributed by atoms with E-state index in [9.17, 15) is 18.3 Å². The summed E-state index contributed by atoms with van der Waals surface area (Å²) >= 11 is 0. The summed E-state index contributed by atoms with van der Waals surface area (Å²) < 4.78 is 36.6. The standard InChI is InChI=1S/C15H20F3NO/c1-11-3-2-4-12(7-11)13-5-6-19(9-13)10-14(20)8-15(16,17)18/h2-4,7,13-14,20H,5-6,8-10H2,1H3/t13-,14-/m0/s1. The Morgan fingerprint density at radius 1 is 1.40 bits per heavy atom. The largest absolute Gasteiger partial charge is 0.391 e. The van der Waals surface area contributed by atoms with E-state index in [1.807, 2.05) is 24.0 Å². The highest BCUT2D eigenvalue weighted by Gasteiger charge is 2.33. The van der Waals surface area contributed by atoms with Gasteiger partial charge in [0.15, 0.2) is 0 Å². The molecule has 0 amide bonds. The predicted molar refractivity (Wildman–Crippen MR) is 71.7 cm³/mol. The average Bonchev–Trinajstić information content (AvgIpc) is 2.74. The number of rotatable bonds is 4. The number of hydrogen-bond acceptors (Lipinski definition) is 2. The Bertz CT molecular complexity index is 447. The fourth-order valence-corrected chi connectivity index (χ4v) is 2.82. The van der Waals surface area contributed by atoms with Crippen molar-refractivity contribution in [2.75, 3.05) is 19.6 Å². The van der Waals surface area contributed by atoms with Gasteiger partial charge in [0.25, 0.3) is 0 Å². The van der Waals surface area contributed by atoms with Crippen LogP contribution in [0.1, 0.15) is 29.9 Å². The Kier molecular flexibility index (Phi) is 4.70. The predicted octanol–water partition coefficient (Wildman–Crippen LogP) is 3.10. The van der Waals surface area contributed by atoms with Crippen LogP contribution in [0.15, 0.2) is 24.3 Å². The maximum absolute atomic E-state index is 12.2. The lowest BCUT2D eigenvalue weighted by Gasteiger charge is -2.21. The van der Waals surface area contributed by atoms with Crippen LogP contribution in [-0.2, 0) is 0 Å². The zero-order chi connectivity index (χ0) is 14.8. The summed E-state index contributed by atoms with van der Waals surface area (Å²) in [5.74, 6) is 0.355. The summed E-state index contributed by atoms with van der Waals surface area (Å²) in [6.45, 7) is 3.59. The van der Waals surface area contributed by atoms with Gasteiger partial charge in [0, 0.05) is 13.1 Å². The molecule has 1 heterocycles. The Labute approximate surface area is 117 Å². The minimum Gasteiger partial charge on any atom is -0.391 e. The highest BCUT2D eigenvalue weighted by molar-refractivity contribution is 5.26. The minimum absolute atomic E-state index is 0.0990. The Morgan fingerprint density at radius 2 is 2.15 bits per heavy atom. The minimum atomic E-state index is -4.30. The molecule has 1 N–H and O–H groups in total. The van der Waals surface area contributed by atoms with Crippen molar-refractivity contribution in [2.24, 2.45) is 0 Å². The van der Waals surface area contributed by atoms with Crippen molar-refractivity contribution in [1.82, 2.24) is 4.90 Å². The van der Waals surface area contributed by atoms with Crippen LogP contribution in [-0.4, -0.2) is 41.9 Å². The molecule has 1 aromatic carbocycles. The van der Waals surface area contributed by atoms with Crippen molar-refractivity contribution >= 4 is 0 Å². The van der Waals surface area contributed by atoms with Crippen LogP contribution in [0.5, 0.6) is 0 Å². The van der Waals surface area contributed by atoms with Gasteiger partial charge < -0.3 is 10.0 Å². The Balaban J connectivity index is 1.86. The summed E-state index contributed by atoms with van der Waals surface area (Å²) in [7, 11) is 0. The van der Waals surface area contributed by atoms with Crippen molar-refractivity contribution in [3.05, 3.63) is 35.4 Å². The lowest BCUT2D eigenvalue weighted by molar-refractivity contribution is -0.155. The maximum atomic E-state index is 12.2. The summed E-state index contributed by atoms with van der Waals surface area (Å²) in [5, 5.41) is 9.48. The second-order valence-electron chi connectivity index (χ2n) is 5.63. The fraction of sp³-hybridized carbons (Fsp3) is 0.600. The molecule has 1 aliphatic heterocycles. The fourth-order valence-electron chi connectivity index (χ4n) is 2.82. The first-order valence-corrected chi connectivity index (χ1v) is 6.87. The second kappa shape index (κ2) is 6.14. The topological polar surface area (TPSA) is 23.5 Å². The molecule has 0 saturated carbocycles. The number of benzene rings is 1. The Morgan fingerprint density at radius 3 is 2.80 bits per heavy atom. The average molecular weight is 287 g/mol. The third kappa shape index (κ3) is 4.49. The van der Waals surface area contributed by atoms with Gasteiger partial charge in [0.2, 0.25) is 0 Å². The smallest absolute Gasteiger partial charge is 0.391 e. The molecule has 112 valence electrons. The van der Waals surface area contributed by atoms with E-state index in [0.29, 0.717) is 5.92 Å². The third-order valence-electron chi connectivity index (χ3n) is 3.72. The van der Waals surface area contributed by atoms with E-state index in [1.165, 1.54) is 11.1 Å². The molecule has 0 aliphatic carbocycles. The second-order valence-corrected chi connectivity index (χ2v) is 5.63. The SMILES string of the molecule is Cc1cccc([C@H]2CCN(C[C@@H](O)CC(F)(F)F)C2)c1. The summed E-state index contributed by atoms with van der Waals surface area (Å²) in [4.78, 5) is 1.92. The van der Waals surface area contributed by atoms with Gasteiger partial charge in [-0.15, -0.1) is 0 Å². The first kappa shape index (κ1) is 15.3. The number of nitrogens with zero attached hydrogens (tertiary/aromatic N) is 1.